The van der Waals surface area contributed by atoms with Crippen LogP contribution >= 0.6 is 11.3 Å². The van der Waals surface area contributed by atoms with Crippen LogP contribution in [0.1, 0.15) is 47.2 Å². The first kappa shape index (κ1) is 16.3. The molecular weight excluding hydrogens is 278 g/mol. The van der Waals surface area contributed by atoms with Gasteiger partial charge in [0.1, 0.15) is 15.4 Å². The molecule has 1 rings (SSSR count). The van der Waals surface area contributed by atoms with Crippen LogP contribution in [0.3, 0.4) is 0 Å². The Bertz CT molecular complexity index is 485. The summed E-state index contributed by atoms with van der Waals surface area (Å²) in [6, 6.07) is 0. The molecule has 0 aromatic carbocycles. The summed E-state index contributed by atoms with van der Waals surface area (Å²) < 4.78 is 5.00. The summed E-state index contributed by atoms with van der Waals surface area (Å²) in [5.74, 6) is -0.777. The molecule has 0 fully saturated rings. The summed E-state index contributed by atoms with van der Waals surface area (Å²) in [4.78, 5) is 24.2. The largest absolute Gasteiger partial charge is 0.462 e. The molecular formula is C13H21N3O3S. The van der Waals surface area contributed by atoms with Crippen LogP contribution in [0.4, 0.5) is 10.7 Å². The molecule has 4 N–H and O–H groups in total. The van der Waals surface area contributed by atoms with Gasteiger partial charge in [-0.25, -0.2) is 4.79 Å². The molecule has 0 aliphatic heterocycles. The van der Waals surface area contributed by atoms with Crippen molar-refractivity contribution in [2.75, 3.05) is 30.7 Å². The number of hydrogen-bond acceptors (Lipinski definition) is 6. The molecule has 0 spiro atoms. The zero-order chi connectivity index (χ0) is 15.1. The van der Waals surface area contributed by atoms with Gasteiger partial charge in [-0.05, 0) is 20.3 Å². The number of rotatable bonds is 7. The van der Waals surface area contributed by atoms with Crippen LogP contribution in [-0.2, 0) is 4.74 Å². The minimum atomic E-state index is -0.504. The van der Waals surface area contributed by atoms with Crippen molar-refractivity contribution in [3.63, 3.8) is 0 Å². The van der Waals surface area contributed by atoms with Gasteiger partial charge in [-0.1, -0.05) is 6.92 Å². The normalized spacial score (nSPS) is 10.2. The van der Waals surface area contributed by atoms with Crippen molar-refractivity contribution < 1.29 is 14.3 Å². The zero-order valence-corrected chi connectivity index (χ0v) is 12.9. The maximum atomic E-state index is 12.0. The van der Waals surface area contributed by atoms with Crippen LogP contribution in [0.5, 0.6) is 0 Å². The van der Waals surface area contributed by atoms with Crippen molar-refractivity contribution in [1.82, 2.24) is 5.32 Å². The van der Waals surface area contributed by atoms with E-state index in [1.807, 2.05) is 13.8 Å². The minimum Gasteiger partial charge on any atom is -0.462 e. The molecule has 0 unspecified atom stereocenters. The number of nitrogens with two attached hydrogens (primary N) is 1. The first-order chi connectivity index (χ1) is 9.56. The Morgan fingerprint density at radius 3 is 2.55 bits per heavy atom. The fourth-order valence-corrected chi connectivity index (χ4v) is 2.67. The minimum absolute atomic E-state index is 0.179. The molecule has 6 nitrogen and oxygen atoms in total. The van der Waals surface area contributed by atoms with Crippen LogP contribution in [-0.4, -0.2) is 31.6 Å². The molecule has 20 heavy (non-hydrogen) atoms. The molecule has 1 amide bonds. The smallest absolute Gasteiger partial charge is 0.343 e. The number of nitrogen functional groups attached to an aromatic ring is 1. The number of carbonyl (C=O) groups is 2. The van der Waals surface area contributed by atoms with E-state index in [0.29, 0.717) is 23.0 Å². The third kappa shape index (κ3) is 3.63. The van der Waals surface area contributed by atoms with Crippen molar-refractivity contribution >= 4 is 33.9 Å². The predicted molar refractivity (Wildman–Crippen MR) is 81.5 cm³/mol. The van der Waals surface area contributed by atoms with Crippen LogP contribution in [0.2, 0.25) is 0 Å². The van der Waals surface area contributed by atoms with E-state index in [4.69, 9.17) is 10.5 Å². The summed E-state index contributed by atoms with van der Waals surface area (Å²) in [6.07, 6.45) is 0.899. The number of nitrogens with one attached hydrogen (secondary N) is 2. The zero-order valence-electron chi connectivity index (χ0n) is 12.0. The monoisotopic (exact) mass is 299 g/mol. The highest BCUT2D eigenvalue weighted by Gasteiger charge is 2.26. The first-order valence-electron chi connectivity index (χ1n) is 6.68. The lowest BCUT2D eigenvalue weighted by atomic mass is 10.2. The standard InChI is InChI=1S/C13H21N3O3S/c1-4-7-16-12-8(13(18)19-6-3)9(14)10(20-12)11(17)15-5-2/h16H,4-7,14H2,1-3H3,(H,15,17). The van der Waals surface area contributed by atoms with E-state index in [2.05, 4.69) is 10.6 Å². The molecule has 7 heteroatoms. The Labute approximate surface area is 122 Å². The fourth-order valence-electron chi connectivity index (χ4n) is 1.62. The van der Waals surface area contributed by atoms with Crippen molar-refractivity contribution in [2.24, 2.45) is 0 Å². The van der Waals surface area contributed by atoms with Gasteiger partial charge in [0.05, 0.1) is 12.3 Å². The molecule has 0 saturated heterocycles. The van der Waals surface area contributed by atoms with Crippen LogP contribution in [0, 0.1) is 0 Å². The molecule has 0 radical (unpaired) electrons. The Hall–Kier alpha value is -1.76. The fraction of sp³-hybridized carbons (Fsp3) is 0.538. The molecule has 112 valence electrons. The van der Waals surface area contributed by atoms with E-state index >= 15 is 0 Å². The van der Waals surface area contributed by atoms with Crippen LogP contribution in [0.25, 0.3) is 0 Å². The van der Waals surface area contributed by atoms with Crippen molar-refractivity contribution in [3.05, 3.63) is 10.4 Å². The SMILES string of the molecule is CCCNc1sc(C(=O)NCC)c(N)c1C(=O)OCC. The third-order valence-electron chi connectivity index (χ3n) is 2.50. The molecule has 0 aliphatic rings. The maximum absolute atomic E-state index is 12.0. The molecule has 0 bridgehead atoms. The average Bonchev–Trinajstić information content (AvgIpc) is 2.74. The highest BCUT2D eigenvalue weighted by Crippen LogP contribution is 2.36. The topological polar surface area (TPSA) is 93.5 Å². The lowest BCUT2D eigenvalue weighted by Gasteiger charge is -2.06. The molecule has 1 aromatic rings. The van der Waals surface area contributed by atoms with Crippen molar-refractivity contribution in [3.8, 4) is 0 Å². The van der Waals surface area contributed by atoms with Gasteiger partial charge in [0.2, 0.25) is 0 Å². The second-order valence-corrected chi connectivity index (χ2v) is 5.08. The first-order valence-corrected chi connectivity index (χ1v) is 7.49. The number of esters is 1. The number of hydrogen-bond donors (Lipinski definition) is 3. The van der Waals surface area contributed by atoms with Crippen LogP contribution < -0.4 is 16.4 Å². The number of amides is 1. The summed E-state index contributed by atoms with van der Waals surface area (Å²) >= 11 is 1.18. The number of carbonyl (C=O) groups excluding carboxylic acids is 2. The Morgan fingerprint density at radius 1 is 1.30 bits per heavy atom. The lowest BCUT2D eigenvalue weighted by molar-refractivity contribution is 0.0529. The number of thiophene rings is 1. The Morgan fingerprint density at radius 2 is 2.00 bits per heavy atom. The van der Waals surface area contributed by atoms with E-state index in [1.54, 1.807) is 6.92 Å². The van der Waals surface area contributed by atoms with Gasteiger partial charge in [0.25, 0.3) is 5.91 Å². The van der Waals surface area contributed by atoms with E-state index < -0.39 is 5.97 Å². The van der Waals surface area contributed by atoms with Gasteiger partial charge in [-0.15, -0.1) is 11.3 Å². The highest BCUT2D eigenvalue weighted by atomic mass is 32.1. The number of anilines is 2. The molecule has 0 saturated carbocycles. The molecule has 0 atom stereocenters. The van der Waals surface area contributed by atoms with E-state index in [9.17, 15) is 9.59 Å². The summed E-state index contributed by atoms with van der Waals surface area (Å²) in [6.45, 7) is 7.02. The van der Waals surface area contributed by atoms with Gasteiger partial charge in [-0.3, -0.25) is 4.79 Å². The maximum Gasteiger partial charge on any atom is 0.343 e. The van der Waals surface area contributed by atoms with Gasteiger partial charge >= 0.3 is 5.97 Å². The molecule has 0 aliphatic carbocycles. The third-order valence-corrected chi connectivity index (χ3v) is 3.67. The Kier molecular flexibility index (Phi) is 6.30. The Balaban J connectivity index is 3.16. The predicted octanol–water partition coefficient (Wildman–Crippen LogP) is 2.08. The van der Waals surface area contributed by atoms with Crippen molar-refractivity contribution in [1.29, 1.82) is 0 Å². The van der Waals surface area contributed by atoms with Crippen LogP contribution in [0.15, 0.2) is 0 Å². The van der Waals surface area contributed by atoms with E-state index in [0.717, 1.165) is 6.42 Å². The summed E-state index contributed by atoms with van der Waals surface area (Å²) in [7, 11) is 0. The van der Waals surface area contributed by atoms with Gasteiger partial charge in [0, 0.05) is 13.1 Å². The highest BCUT2D eigenvalue weighted by molar-refractivity contribution is 7.19. The molecule has 1 heterocycles. The lowest BCUT2D eigenvalue weighted by Crippen LogP contribution is -2.22. The van der Waals surface area contributed by atoms with Gasteiger partial charge in [0.15, 0.2) is 0 Å². The van der Waals surface area contributed by atoms with E-state index in [-0.39, 0.29) is 23.8 Å². The second kappa shape index (κ2) is 7.74. The van der Waals surface area contributed by atoms with Gasteiger partial charge in [-0.2, -0.15) is 0 Å². The molecule has 1 aromatic heterocycles. The van der Waals surface area contributed by atoms with Crippen molar-refractivity contribution in [2.45, 2.75) is 27.2 Å². The summed E-state index contributed by atoms with van der Waals surface area (Å²) in [5.41, 5.74) is 6.38. The quantitative estimate of drug-likeness (QED) is 0.670. The summed E-state index contributed by atoms with van der Waals surface area (Å²) in [5, 5.41) is 6.39. The second-order valence-electron chi connectivity index (χ2n) is 4.06. The average molecular weight is 299 g/mol. The number of ether oxygens (including phenoxy) is 1. The van der Waals surface area contributed by atoms with E-state index in [1.165, 1.54) is 11.3 Å². The van der Waals surface area contributed by atoms with Gasteiger partial charge < -0.3 is 21.1 Å².